The largest absolute Gasteiger partial charge is 0.504 e. The van der Waals surface area contributed by atoms with Crippen molar-refractivity contribution in [2.24, 2.45) is 0 Å². The molecule has 0 aliphatic carbocycles. The first-order chi connectivity index (χ1) is 18.5. The highest BCUT2D eigenvalue weighted by molar-refractivity contribution is 5.84. The van der Waals surface area contributed by atoms with E-state index >= 15 is 0 Å². The van der Waals surface area contributed by atoms with Crippen molar-refractivity contribution in [3.63, 3.8) is 0 Å². The number of amides is 2. The standard InChI is InChI=1S/C27H34N2O10/c30-20-10-8-16(14-22(20)32)12-18(26(36)37)28-24(34)6-4-2-1-3-5-7-25(35)29-19(27(38)39)13-17-9-11-21(31)23(33)15-17/h8-11,14-15,18-19,30-33H,1-7,12-13H2,(H,28,34)(H,29,35)(H,36,37)(H,38,39). The Kier molecular flexibility index (Phi) is 11.9. The number of phenols is 4. The lowest BCUT2D eigenvalue weighted by Gasteiger charge is -2.15. The van der Waals surface area contributed by atoms with Gasteiger partial charge in [-0.15, -0.1) is 0 Å². The molecule has 0 aliphatic heterocycles. The molecule has 2 unspecified atom stereocenters. The fraction of sp³-hybridized carbons (Fsp3) is 0.407. The number of carbonyl (C=O) groups is 4. The Balaban J connectivity index is 1.64. The predicted octanol–water partition coefficient (Wildman–Crippen LogP) is 2.16. The Labute approximate surface area is 224 Å². The minimum absolute atomic E-state index is 0.0584. The molecule has 39 heavy (non-hydrogen) atoms. The number of unbranched alkanes of at least 4 members (excludes halogenated alkanes) is 4. The van der Waals surface area contributed by atoms with Crippen LogP contribution in [0.25, 0.3) is 0 Å². The van der Waals surface area contributed by atoms with Crippen LogP contribution in [0.1, 0.15) is 56.1 Å². The van der Waals surface area contributed by atoms with Crippen LogP contribution >= 0.6 is 0 Å². The highest BCUT2D eigenvalue weighted by Crippen LogP contribution is 2.26. The first-order valence-electron chi connectivity index (χ1n) is 12.5. The van der Waals surface area contributed by atoms with Crippen molar-refractivity contribution in [3.8, 4) is 23.0 Å². The van der Waals surface area contributed by atoms with E-state index in [2.05, 4.69) is 10.6 Å². The van der Waals surface area contributed by atoms with E-state index in [0.717, 1.165) is 6.42 Å². The first kappa shape index (κ1) is 30.7. The number of hydrogen-bond acceptors (Lipinski definition) is 8. The van der Waals surface area contributed by atoms with Crippen molar-refractivity contribution in [2.75, 3.05) is 0 Å². The van der Waals surface area contributed by atoms with E-state index in [4.69, 9.17) is 0 Å². The summed E-state index contributed by atoms with van der Waals surface area (Å²) in [5, 5.41) is 61.5. The van der Waals surface area contributed by atoms with Gasteiger partial charge in [-0.05, 0) is 48.2 Å². The van der Waals surface area contributed by atoms with Gasteiger partial charge in [0.15, 0.2) is 23.0 Å². The fourth-order valence-corrected chi connectivity index (χ4v) is 3.90. The second kappa shape index (κ2) is 15.1. The average molecular weight is 547 g/mol. The van der Waals surface area contributed by atoms with E-state index in [1.807, 2.05) is 0 Å². The quantitative estimate of drug-likeness (QED) is 0.113. The number of aliphatic carboxylic acids is 2. The molecule has 2 aromatic carbocycles. The van der Waals surface area contributed by atoms with Crippen molar-refractivity contribution in [3.05, 3.63) is 47.5 Å². The second-order valence-corrected chi connectivity index (χ2v) is 9.24. The number of rotatable bonds is 16. The molecule has 0 bridgehead atoms. The highest BCUT2D eigenvalue weighted by Gasteiger charge is 2.22. The third-order valence-electron chi connectivity index (χ3n) is 6.03. The average Bonchev–Trinajstić information content (AvgIpc) is 2.86. The molecule has 0 heterocycles. The van der Waals surface area contributed by atoms with Crippen LogP contribution in [0.15, 0.2) is 36.4 Å². The molecule has 0 fully saturated rings. The van der Waals surface area contributed by atoms with Gasteiger partial charge in [0, 0.05) is 25.7 Å². The lowest BCUT2D eigenvalue weighted by Crippen LogP contribution is -2.42. The summed E-state index contributed by atoms with van der Waals surface area (Å²) in [6.45, 7) is 0. The van der Waals surface area contributed by atoms with E-state index in [-0.39, 0.29) is 48.7 Å². The third kappa shape index (κ3) is 10.8. The van der Waals surface area contributed by atoms with Crippen LogP contribution in [0.3, 0.4) is 0 Å². The molecule has 0 saturated heterocycles. The van der Waals surface area contributed by atoms with Gasteiger partial charge in [-0.1, -0.05) is 31.4 Å². The van der Waals surface area contributed by atoms with Crippen molar-refractivity contribution in [1.29, 1.82) is 0 Å². The van der Waals surface area contributed by atoms with Gasteiger partial charge in [0.25, 0.3) is 0 Å². The van der Waals surface area contributed by atoms with Gasteiger partial charge < -0.3 is 41.3 Å². The van der Waals surface area contributed by atoms with Crippen LogP contribution in [0.5, 0.6) is 23.0 Å². The Morgan fingerprint density at radius 3 is 1.26 bits per heavy atom. The predicted molar refractivity (Wildman–Crippen MR) is 138 cm³/mol. The highest BCUT2D eigenvalue weighted by atomic mass is 16.4. The number of carboxylic acid groups (broad SMARTS) is 2. The summed E-state index contributed by atoms with van der Waals surface area (Å²) >= 11 is 0. The number of benzene rings is 2. The van der Waals surface area contributed by atoms with Crippen molar-refractivity contribution in [1.82, 2.24) is 10.6 Å². The molecule has 2 rings (SSSR count). The van der Waals surface area contributed by atoms with Crippen LogP contribution in [-0.2, 0) is 32.0 Å². The number of nitrogens with one attached hydrogen (secondary N) is 2. The second-order valence-electron chi connectivity index (χ2n) is 9.24. The maximum absolute atomic E-state index is 12.2. The topological polar surface area (TPSA) is 214 Å². The van der Waals surface area contributed by atoms with E-state index < -0.39 is 35.8 Å². The molecule has 12 heteroatoms. The van der Waals surface area contributed by atoms with Gasteiger partial charge in [-0.3, -0.25) is 9.59 Å². The Morgan fingerprint density at radius 1 is 0.564 bits per heavy atom. The Hall–Kier alpha value is -4.48. The van der Waals surface area contributed by atoms with E-state index in [0.29, 0.717) is 36.8 Å². The summed E-state index contributed by atoms with van der Waals surface area (Å²) in [5.41, 5.74) is 0.882. The van der Waals surface area contributed by atoms with Crippen LogP contribution in [0, 0.1) is 0 Å². The smallest absolute Gasteiger partial charge is 0.326 e. The summed E-state index contributed by atoms with van der Waals surface area (Å²) in [7, 11) is 0. The number of hydrogen-bond donors (Lipinski definition) is 8. The molecule has 0 radical (unpaired) electrons. The lowest BCUT2D eigenvalue weighted by molar-refractivity contribution is -0.142. The minimum Gasteiger partial charge on any atom is -0.504 e. The SMILES string of the molecule is O=C(CCCCCCCC(=O)NC(Cc1ccc(O)c(O)c1)C(=O)O)NC(Cc1ccc(O)c(O)c1)C(=O)O. The fourth-order valence-electron chi connectivity index (χ4n) is 3.90. The normalized spacial score (nSPS) is 12.3. The lowest BCUT2D eigenvalue weighted by atomic mass is 10.0. The molecule has 0 aromatic heterocycles. The summed E-state index contributed by atoms with van der Waals surface area (Å²) in [6.07, 6.45) is 3.26. The van der Waals surface area contributed by atoms with Crippen LogP contribution < -0.4 is 10.6 Å². The van der Waals surface area contributed by atoms with Crippen molar-refractivity contribution >= 4 is 23.8 Å². The molecule has 0 aliphatic rings. The molecule has 2 aromatic rings. The first-order valence-corrected chi connectivity index (χ1v) is 12.5. The Morgan fingerprint density at radius 2 is 0.923 bits per heavy atom. The molecular weight excluding hydrogens is 512 g/mol. The molecule has 2 amide bonds. The summed E-state index contributed by atoms with van der Waals surface area (Å²) in [6, 6.07) is 5.50. The molecule has 12 nitrogen and oxygen atoms in total. The molecule has 8 N–H and O–H groups in total. The van der Waals surface area contributed by atoms with Crippen LogP contribution in [-0.4, -0.2) is 66.5 Å². The van der Waals surface area contributed by atoms with Crippen LogP contribution in [0.2, 0.25) is 0 Å². The molecule has 0 saturated carbocycles. The zero-order valence-corrected chi connectivity index (χ0v) is 21.3. The summed E-state index contributed by atoms with van der Waals surface area (Å²) < 4.78 is 0. The van der Waals surface area contributed by atoms with E-state index in [9.17, 15) is 49.8 Å². The number of carbonyl (C=O) groups excluding carboxylic acids is 2. The summed E-state index contributed by atoms with van der Waals surface area (Å²) in [4.78, 5) is 47.4. The third-order valence-corrected chi connectivity index (χ3v) is 6.03. The van der Waals surface area contributed by atoms with Gasteiger partial charge in [0.05, 0.1) is 0 Å². The molecule has 2 atom stereocenters. The molecular formula is C27H34N2O10. The summed E-state index contributed by atoms with van der Waals surface area (Å²) in [5.74, 6) is -4.70. The van der Waals surface area contributed by atoms with Gasteiger partial charge in [0.1, 0.15) is 12.1 Å². The number of aromatic hydroxyl groups is 4. The minimum atomic E-state index is -1.22. The zero-order chi connectivity index (χ0) is 28.9. The van der Waals surface area contributed by atoms with Gasteiger partial charge in [0.2, 0.25) is 11.8 Å². The number of carboxylic acids is 2. The molecule has 0 spiro atoms. The monoisotopic (exact) mass is 546 g/mol. The van der Waals surface area contributed by atoms with Crippen LogP contribution in [0.4, 0.5) is 0 Å². The maximum Gasteiger partial charge on any atom is 0.326 e. The van der Waals surface area contributed by atoms with E-state index in [1.165, 1.54) is 36.4 Å². The van der Waals surface area contributed by atoms with Gasteiger partial charge >= 0.3 is 11.9 Å². The Bertz CT molecular complexity index is 1080. The maximum atomic E-state index is 12.2. The molecule has 212 valence electrons. The zero-order valence-electron chi connectivity index (χ0n) is 21.3. The number of phenolic OH excluding ortho intramolecular Hbond substituents is 4. The van der Waals surface area contributed by atoms with E-state index in [1.54, 1.807) is 0 Å². The van der Waals surface area contributed by atoms with Crippen molar-refractivity contribution < 1.29 is 49.8 Å². The van der Waals surface area contributed by atoms with Crippen molar-refractivity contribution in [2.45, 2.75) is 69.9 Å². The van der Waals surface area contributed by atoms with Gasteiger partial charge in [-0.25, -0.2) is 9.59 Å². The van der Waals surface area contributed by atoms with Gasteiger partial charge in [-0.2, -0.15) is 0 Å².